The van der Waals surface area contributed by atoms with Gasteiger partial charge < -0.3 is 15.5 Å². The summed E-state index contributed by atoms with van der Waals surface area (Å²) in [6.45, 7) is 10.2. The van der Waals surface area contributed by atoms with Crippen molar-refractivity contribution in [1.29, 1.82) is 0 Å². The third kappa shape index (κ3) is 4.03. The lowest BCUT2D eigenvalue weighted by Crippen LogP contribution is -2.44. The average Bonchev–Trinajstić information content (AvgIpc) is 2.42. The molecule has 1 fully saturated rings. The lowest BCUT2D eigenvalue weighted by Gasteiger charge is -2.29. The molecule has 3 nitrogen and oxygen atoms in total. The molecule has 1 aliphatic heterocycles. The molecule has 0 aromatic heterocycles. The number of rotatable bonds is 5. The van der Waals surface area contributed by atoms with Crippen molar-refractivity contribution in [2.45, 2.75) is 26.3 Å². The summed E-state index contributed by atoms with van der Waals surface area (Å²) in [5.41, 5.74) is 4.20. The molecule has 0 saturated carbocycles. The molecule has 3 heteroatoms. The predicted molar refractivity (Wildman–Crippen MR) is 81.6 cm³/mol. The van der Waals surface area contributed by atoms with Gasteiger partial charge >= 0.3 is 0 Å². The Hall–Kier alpha value is -0.900. The third-order valence-electron chi connectivity index (χ3n) is 4.09. The second-order valence-electron chi connectivity index (χ2n) is 5.58. The van der Waals surface area contributed by atoms with Crippen LogP contribution >= 0.6 is 0 Å². The summed E-state index contributed by atoms with van der Waals surface area (Å²) in [6.07, 6.45) is 1.18. The van der Waals surface area contributed by atoms with Crippen molar-refractivity contribution >= 4 is 0 Å². The van der Waals surface area contributed by atoms with Gasteiger partial charge in [-0.25, -0.2) is 0 Å². The van der Waals surface area contributed by atoms with E-state index in [2.05, 4.69) is 54.6 Å². The number of nitrogens with zero attached hydrogens (tertiary/aromatic N) is 1. The van der Waals surface area contributed by atoms with E-state index >= 15 is 0 Å². The van der Waals surface area contributed by atoms with Crippen LogP contribution in [0.1, 0.15) is 29.2 Å². The standard InChI is InChI=1S/C16H27N3/c1-13-4-5-15(14(2)12-13)16(17-3)6-9-19-10-7-18-8-11-19/h4-5,12,16-18H,6-11H2,1-3H3. The Labute approximate surface area is 117 Å². The van der Waals surface area contributed by atoms with E-state index in [1.807, 2.05) is 0 Å². The van der Waals surface area contributed by atoms with Crippen molar-refractivity contribution in [2.24, 2.45) is 0 Å². The maximum atomic E-state index is 3.48. The maximum absolute atomic E-state index is 3.48. The summed E-state index contributed by atoms with van der Waals surface area (Å²) in [5.74, 6) is 0. The zero-order valence-corrected chi connectivity index (χ0v) is 12.5. The van der Waals surface area contributed by atoms with Gasteiger partial charge in [-0.1, -0.05) is 23.8 Å². The molecule has 106 valence electrons. The summed E-state index contributed by atoms with van der Waals surface area (Å²) in [7, 11) is 2.07. The molecular weight excluding hydrogens is 234 g/mol. The van der Waals surface area contributed by atoms with Crippen LogP contribution < -0.4 is 10.6 Å². The van der Waals surface area contributed by atoms with Gasteiger partial charge in [0, 0.05) is 38.8 Å². The Morgan fingerprint density at radius 2 is 2.00 bits per heavy atom. The number of aryl methyl sites for hydroxylation is 2. The van der Waals surface area contributed by atoms with E-state index in [1.54, 1.807) is 0 Å². The highest BCUT2D eigenvalue weighted by Gasteiger charge is 2.15. The summed E-state index contributed by atoms with van der Waals surface area (Å²) in [4.78, 5) is 2.56. The Morgan fingerprint density at radius 1 is 1.26 bits per heavy atom. The van der Waals surface area contributed by atoms with Gasteiger partial charge in [0.05, 0.1) is 0 Å². The first kappa shape index (κ1) is 14.5. The minimum absolute atomic E-state index is 0.468. The molecule has 1 saturated heterocycles. The Kier molecular flexibility index (Phi) is 5.37. The van der Waals surface area contributed by atoms with Crippen molar-refractivity contribution in [3.8, 4) is 0 Å². The summed E-state index contributed by atoms with van der Waals surface area (Å²) >= 11 is 0. The molecule has 1 aromatic rings. The second-order valence-corrected chi connectivity index (χ2v) is 5.58. The Bertz CT molecular complexity index is 397. The molecule has 0 radical (unpaired) electrons. The monoisotopic (exact) mass is 261 g/mol. The van der Waals surface area contributed by atoms with Crippen LogP contribution in [-0.2, 0) is 0 Å². The molecule has 2 N–H and O–H groups in total. The lowest BCUT2D eigenvalue weighted by atomic mass is 9.97. The van der Waals surface area contributed by atoms with Crippen LogP contribution in [-0.4, -0.2) is 44.7 Å². The molecule has 1 aromatic carbocycles. The molecule has 0 aliphatic carbocycles. The zero-order chi connectivity index (χ0) is 13.7. The molecule has 0 spiro atoms. The summed E-state index contributed by atoms with van der Waals surface area (Å²) in [6, 6.07) is 7.25. The minimum atomic E-state index is 0.468. The molecule has 0 bridgehead atoms. The molecule has 0 amide bonds. The van der Waals surface area contributed by atoms with Crippen LogP contribution in [0.4, 0.5) is 0 Å². The number of piperazine rings is 1. The van der Waals surface area contributed by atoms with Gasteiger partial charge in [-0.05, 0) is 38.4 Å². The topological polar surface area (TPSA) is 27.3 Å². The Balaban J connectivity index is 1.95. The van der Waals surface area contributed by atoms with E-state index in [4.69, 9.17) is 0 Å². The summed E-state index contributed by atoms with van der Waals surface area (Å²) in [5, 5.41) is 6.88. The van der Waals surface area contributed by atoms with Gasteiger partial charge in [0.1, 0.15) is 0 Å². The van der Waals surface area contributed by atoms with Crippen molar-refractivity contribution in [2.75, 3.05) is 39.8 Å². The highest BCUT2D eigenvalue weighted by atomic mass is 15.2. The second kappa shape index (κ2) is 7.04. The Morgan fingerprint density at radius 3 is 2.63 bits per heavy atom. The van der Waals surface area contributed by atoms with Crippen molar-refractivity contribution < 1.29 is 0 Å². The minimum Gasteiger partial charge on any atom is -0.314 e. The predicted octanol–water partition coefficient (Wildman–Crippen LogP) is 1.86. The van der Waals surface area contributed by atoms with Crippen LogP contribution in [0.3, 0.4) is 0 Å². The quantitative estimate of drug-likeness (QED) is 0.847. The van der Waals surface area contributed by atoms with E-state index in [0.29, 0.717) is 6.04 Å². The number of benzene rings is 1. The van der Waals surface area contributed by atoms with Crippen LogP contribution in [0.2, 0.25) is 0 Å². The highest BCUT2D eigenvalue weighted by molar-refractivity contribution is 5.32. The zero-order valence-electron chi connectivity index (χ0n) is 12.5. The molecule has 19 heavy (non-hydrogen) atoms. The molecule has 1 heterocycles. The van der Waals surface area contributed by atoms with Gasteiger partial charge in [-0.15, -0.1) is 0 Å². The smallest absolute Gasteiger partial charge is 0.0332 e. The van der Waals surface area contributed by atoms with Gasteiger partial charge in [0.2, 0.25) is 0 Å². The van der Waals surface area contributed by atoms with Crippen LogP contribution in [0, 0.1) is 13.8 Å². The SMILES string of the molecule is CNC(CCN1CCNCC1)c1ccc(C)cc1C. The van der Waals surface area contributed by atoms with Gasteiger partial charge in [-0.3, -0.25) is 0 Å². The number of hydrogen-bond acceptors (Lipinski definition) is 3. The molecule has 1 atom stereocenters. The molecule has 1 unspecified atom stereocenters. The fourth-order valence-electron chi connectivity index (χ4n) is 2.92. The van der Waals surface area contributed by atoms with Crippen molar-refractivity contribution in [3.05, 3.63) is 34.9 Å². The van der Waals surface area contributed by atoms with Crippen LogP contribution in [0.15, 0.2) is 18.2 Å². The first-order valence-corrected chi connectivity index (χ1v) is 7.38. The van der Waals surface area contributed by atoms with E-state index < -0.39 is 0 Å². The molecule has 2 rings (SSSR count). The van der Waals surface area contributed by atoms with Crippen LogP contribution in [0.25, 0.3) is 0 Å². The highest BCUT2D eigenvalue weighted by Crippen LogP contribution is 2.21. The van der Waals surface area contributed by atoms with Gasteiger partial charge in [0.25, 0.3) is 0 Å². The van der Waals surface area contributed by atoms with Gasteiger partial charge in [-0.2, -0.15) is 0 Å². The number of hydrogen-bond donors (Lipinski definition) is 2. The first-order valence-electron chi connectivity index (χ1n) is 7.38. The normalized spacial score (nSPS) is 18.5. The fourth-order valence-corrected chi connectivity index (χ4v) is 2.92. The van der Waals surface area contributed by atoms with E-state index in [-0.39, 0.29) is 0 Å². The van der Waals surface area contributed by atoms with E-state index in [0.717, 1.165) is 13.1 Å². The van der Waals surface area contributed by atoms with E-state index in [1.165, 1.54) is 42.7 Å². The summed E-state index contributed by atoms with van der Waals surface area (Å²) < 4.78 is 0. The molecular formula is C16H27N3. The molecule has 1 aliphatic rings. The third-order valence-corrected chi connectivity index (χ3v) is 4.09. The van der Waals surface area contributed by atoms with Crippen LogP contribution in [0.5, 0.6) is 0 Å². The fraction of sp³-hybridized carbons (Fsp3) is 0.625. The maximum Gasteiger partial charge on any atom is 0.0332 e. The van der Waals surface area contributed by atoms with E-state index in [9.17, 15) is 0 Å². The average molecular weight is 261 g/mol. The number of nitrogens with one attached hydrogen (secondary N) is 2. The van der Waals surface area contributed by atoms with Crippen molar-refractivity contribution in [3.63, 3.8) is 0 Å². The largest absolute Gasteiger partial charge is 0.314 e. The van der Waals surface area contributed by atoms with Crippen molar-refractivity contribution in [1.82, 2.24) is 15.5 Å². The first-order chi connectivity index (χ1) is 9.20. The van der Waals surface area contributed by atoms with Gasteiger partial charge in [0.15, 0.2) is 0 Å². The lowest BCUT2D eigenvalue weighted by molar-refractivity contribution is 0.229.